The number of methoxy groups -OCH3 is 1. The Morgan fingerprint density at radius 2 is 1.86 bits per heavy atom. The number of para-hydroxylation sites is 1. The summed E-state index contributed by atoms with van der Waals surface area (Å²) < 4.78 is 18.9. The Morgan fingerprint density at radius 1 is 1.18 bits per heavy atom. The highest BCUT2D eigenvalue weighted by atomic mass is 19.1. The lowest BCUT2D eigenvalue weighted by Crippen LogP contribution is -2.46. The van der Waals surface area contributed by atoms with Crippen molar-refractivity contribution >= 4 is 11.6 Å². The van der Waals surface area contributed by atoms with E-state index in [0.717, 1.165) is 44.5 Å². The van der Waals surface area contributed by atoms with E-state index < -0.39 is 5.82 Å². The van der Waals surface area contributed by atoms with Gasteiger partial charge in [-0.15, -0.1) is 0 Å². The zero-order valence-electron chi connectivity index (χ0n) is 16.7. The molecule has 1 atom stereocenters. The van der Waals surface area contributed by atoms with Crippen LogP contribution in [-0.2, 0) is 11.2 Å². The Balaban J connectivity index is 1.43. The zero-order valence-corrected chi connectivity index (χ0v) is 16.7. The third-order valence-corrected chi connectivity index (χ3v) is 5.71. The highest BCUT2D eigenvalue weighted by molar-refractivity contribution is 5.94. The second-order valence-electron chi connectivity index (χ2n) is 7.51. The molecule has 1 aliphatic rings. The van der Waals surface area contributed by atoms with Gasteiger partial charge in [0.05, 0.1) is 18.8 Å². The number of hydrogen-bond acceptors (Lipinski definition) is 3. The van der Waals surface area contributed by atoms with Gasteiger partial charge in [-0.3, -0.25) is 9.69 Å². The van der Waals surface area contributed by atoms with Crippen molar-refractivity contribution in [2.24, 2.45) is 5.92 Å². The van der Waals surface area contributed by atoms with Crippen molar-refractivity contribution in [1.82, 2.24) is 4.90 Å². The summed E-state index contributed by atoms with van der Waals surface area (Å²) in [5.41, 5.74) is 1.58. The topological polar surface area (TPSA) is 41.6 Å². The lowest BCUT2D eigenvalue weighted by Gasteiger charge is -2.35. The quantitative estimate of drug-likeness (QED) is 0.764. The number of hydrogen-bond donors (Lipinski definition) is 1. The Labute approximate surface area is 166 Å². The molecule has 0 aliphatic carbocycles. The second-order valence-corrected chi connectivity index (χ2v) is 7.51. The summed E-state index contributed by atoms with van der Waals surface area (Å²) in [6.07, 6.45) is 4.41. The maximum Gasteiger partial charge on any atom is 0.241 e. The fraction of sp³-hybridized carbons (Fsp3) is 0.435. The van der Waals surface area contributed by atoms with Crippen LogP contribution < -0.4 is 10.1 Å². The Bertz CT molecular complexity index is 770. The maximum atomic E-state index is 13.7. The Kier molecular flexibility index (Phi) is 7.04. The lowest BCUT2D eigenvalue weighted by atomic mass is 9.90. The second kappa shape index (κ2) is 9.69. The van der Waals surface area contributed by atoms with E-state index >= 15 is 0 Å². The molecule has 150 valence electrons. The van der Waals surface area contributed by atoms with E-state index in [1.54, 1.807) is 25.3 Å². The molecule has 0 radical (unpaired) electrons. The monoisotopic (exact) mass is 384 g/mol. The van der Waals surface area contributed by atoms with Gasteiger partial charge in [-0.25, -0.2) is 4.39 Å². The van der Waals surface area contributed by atoms with E-state index in [9.17, 15) is 9.18 Å². The van der Waals surface area contributed by atoms with Gasteiger partial charge in [-0.1, -0.05) is 24.3 Å². The molecule has 0 bridgehead atoms. The molecule has 2 aromatic rings. The van der Waals surface area contributed by atoms with Crippen LogP contribution in [0.5, 0.6) is 5.75 Å². The molecule has 0 aromatic heterocycles. The number of aryl methyl sites for hydroxylation is 1. The molecule has 2 aromatic carbocycles. The van der Waals surface area contributed by atoms with E-state index in [1.807, 2.05) is 19.1 Å². The third-order valence-electron chi connectivity index (χ3n) is 5.71. The number of ether oxygens (including phenoxy) is 1. The number of nitrogens with one attached hydrogen (secondary N) is 1. The number of rotatable bonds is 7. The highest BCUT2D eigenvalue weighted by Crippen LogP contribution is 2.25. The minimum atomic E-state index is -0.403. The number of halogens is 1. The molecule has 1 heterocycles. The van der Waals surface area contributed by atoms with Crippen LogP contribution in [0.2, 0.25) is 0 Å². The van der Waals surface area contributed by atoms with E-state index in [1.165, 1.54) is 11.6 Å². The standard InChI is InChI=1S/C23H29FN2O2/c1-17(23(27)25-22-6-4-3-5-21(22)24)26-15-13-19(14-16-26)8-7-18-9-11-20(28-2)12-10-18/h3-6,9-12,17,19H,7-8,13-16H2,1-2H3,(H,25,27)/t17-/m0/s1. The molecule has 28 heavy (non-hydrogen) atoms. The smallest absolute Gasteiger partial charge is 0.241 e. The summed E-state index contributed by atoms with van der Waals surface area (Å²) >= 11 is 0. The first-order chi connectivity index (χ1) is 13.6. The van der Waals surface area contributed by atoms with Gasteiger partial charge >= 0.3 is 0 Å². The normalized spacial score (nSPS) is 16.5. The average Bonchev–Trinajstić information content (AvgIpc) is 2.74. The first kappa shape index (κ1) is 20.3. The third kappa shape index (κ3) is 5.32. The first-order valence-corrected chi connectivity index (χ1v) is 9.99. The van der Waals surface area contributed by atoms with Gasteiger partial charge < -0.3 is 10.1 Å². The number of amides is 1. The number of nitrogens with zero attached hydrogens (tertiary/aromatic N) is 1. The van der Waals surface area contributed by atoms with E-state index in [-0.39, 0.29) is 17.6 Å². The summed E-state index contributed by atoms with van der Waals surface area (Å²) in [5, 5.41) is 2.71. The van der Waals surface area contributed by atoms with Gasteiger partial charge in [-0.05, 0) is 81.4 Å². The highest BCUT2D eigenvalue weighted by Gasteiger charge is 2.26. The summed E-state index contributed by atoms with van der Waals surface area (Å²) in [4.78, 5) is 14.7. The van der Waals surface area contributed by atoms with E-state index in [2.05, 4.69) is 22.3 Å². The van der Waals surface area contributed by atoms with Crippen LogP contribution in [0.25, 0.3) is 0 Å². The summed E-state index contributed by atoms with van der Waals surface area (Å²) in [6.45, 7) is 3.70. The van der Waals surface area contributed by atoms with Crippen LogP contribution >= 0.6 is 0 Å². The van der Waals surface area contributed by atoms with Gasteiger partial charge in [0, 0.05) is 0 Å². The fourth-order valence-electron chi connectivity index (χ4n) is 3.76. The van der Waals surface area contributed by atoms with Crippen LogP contribution in [0, 0.1) is 11.7 Å². The predicted molar refractivity (Wildman–Crippen MR) is 110 cm³/mol. The summed E-state index contributed by atoms with van der Waals surface area (Å²) in [6, 6.07) is 14.3. The number of anilines is 1. The van der Waals surface area contributed by atoms with Gasteiger partial charge in [0.1, 0.15) is 11.6 Å². The number of benzene rings is 2. The molecule has 1 fully saturated rings. The van der Waals surface area contributed by atoms with E-state index in [4.69, 9.17) is 4.74 Å². The molecule has 1 N–H and O–H groups in total. The molecular weight excluding hydrogens is 355 g/mol. The van der Waals surface area contributed by atoms with Crippen LogP contribution in [0.1, 0.15) is 31.7 Å². The SMILES string of the molecule is COc1ccc(CCC2CCN([C@@H](C)C(=O)Nc3ccccc3F)CC2)cc1. The van der Waals surface area contributed by atoms with E-state index in [0.29, 0.717) is 5.92 Å². The van der Waals surface area contributed by atoms with Crippen molar-refractivity contribution in [2.45, 2.75) is 38.6 Å². The molecule has 3 rings (SSSR count). The largest absolute Gasteiger partial charge is 0.497 e. The number of carbonyl (C=O) groups is 1. The van der Waals surface area contributed by atoms with Crippen LogP contribution in [0.4, 0.5) is 10.1 Å². The predicted octanol–water partition coefficient (Wildman–Crippen LogP) is 4.51. The first-order valence-electron chi connectivity index (χ1n) is 9.99. The number of piperidine rings is 1. The van der Waals surface area contributed by atoms with Crippen LogP contribution in [0.15, 0.2) is 48.5 Å². The van der Waals surface area contributed by atoms with Gasteiger partial charge in [0.15, 0.2) is 0 Å². The Morgan fingerprint density at radius 3 is 2.50 bits per heavy atom. The Hall–Kier alpha value is -2.40. The minimum Gasteiger partial charge on any atom is -0.497 e. The van der Waals surface area contributed by atoms with Crippen molar-refractivity contribution < 1.29 is 13.9 Å². The number of likely N-dealkylation sites (tertiary alicyclic amines) is 1. The fourth-order valence-corrected chi connectivity index (χ4v) is 3.76. The number of carbonyl (C=O) groups excluding carboxylic acids is 1. The molecule has 0 unspecified atom stereocenters. The zero-order chi connectivity index (χ0) is 19.9. The molecule has 0 saturated carbocycles. The van der Waals surface area contributed by atoms with Gasteiger partial charge in [-0.2, -0.15) is 0 Å². The van der Waals surface area contributed by atoms with Gasteiger partial charge in [0.2, 0.25) is 5.91 Å². The van der Waals surface area contributed by atoms with Crippen LogP contribution in [0.3, 0.4) is 0 Å². The average molecular weight is 384 g/mol. The minimum absolute atomic E-state index is 0.151. The van der Waals surface area contributed by atoms with Crippen molar-refractivity contribution in [3.8, 4) is 5.75 Å². The maximum absolute atomic E-state index is 13.7. The lowest BCUT2D eigenvalue weighted by molar-refractivity contribution is -0.121. The molecule has 1 amide bonds. The van der Waals surface area contributed by atoms with Crippen molar-refractivity contribution in [3.63, 3.8) is 0 Å². The summed E-state index contributed by atoms with van der Waals surface area (Å²) in [7, 11) is 1.68. The summed E-state index contributed by atoms with van der Waals surface area (Å²) in [5.74, 6) is 1.02. The molecular formula is C23H29FN2O2. The molecule has 1 aliphatic heterocycles. The molecule has 0 spiro atoms. The molecule has 5 heteroatoms. The molecule has 4 nitrogen and oxygen atoms in total. The molecule has 1 saturated heterocycles. The van der Waals surface area contributed by atoms with Crippen molar-refractivity contribution in [3.05, 3.63) is 59.9 Å². The van der Waals surface area contributed by atoms with Crippen LogP contribution in [-0.4, -0.2) is 37.0 Å². The van der Waals surface area contributed by atoms with Crippen molar-refractivity contribution in [1.29, 1.82) is 0 Å². The van der Waals surface area contributed by atoms with Crippen molar-refractivity contribution in [2.75, 3.05) is 25.5 Å². The van der Waals surface area contributed by atoms with Gasteiger partial charge in [0.25, 0.3) is 0 Å².